The average molecular weight is 378 g/mol. The molecule has 0 radical (unpaired) electrons. The van der Waals surface area contributed by atoms with E-state index in [1.165, 1.54) is 12.8 Å². The number of nitrogens with zero attached hydrogens (tertiary/aromatic N) is 2. The molecular weight excluding hydrogens is 353 g/mol. The topological polar surface area (TPSA) is 45.2 Å². The lowest BCUT2D eigenvalue weighted by molar-refractivity contribution is -0.133. The predicted molar refractivity (Wildman–Crippen MR) is 101 cm³/mol. The summed E-state index contributed by atoms with van der Waals surface area (Å²) in [5.74, 6) is 2.13. The van der Waals surface area contributed by atoms with Crippen LogP contribution in [-0.2, 0) is 10.5 Å². The fourth-order valence-electron chi connectivity index (χ4n) is 3.34. The zero-order valence-corrected chi connectivity index (χ0v) is 15.6. The minimum atomic E-state index is 0. The van der Waals surface area contributed by atoms with E-state index in [2.05, 4.69) is 15.2 Å². The minimum absolute atomic E-state index is 0. The normalized spacial score (nSPS) is 22.7. The Kier molecular flexibility index (Phi) is 9.29. The molecule has 3 heterocycles. The Labute approximate surface area is 155 Å². The number of thioether (sulfide) groups is 1. The molecule has 2 unspecified atom stereocenters. The summed E-state index contributed by atoms with van der Waals surface area (Å²) in [6, 6.07) is 6.90. The van der Waals surface area contributed by atoms with Crippen LogP contribution < -0.4 is 5.32 Å². The summed E-state index contributed by atoms with van der Waals surface area (Å²) in [6.45, 7) is 2.03. The first kappa shape index (κ1) is 20.6. The molecule has 4 nitrogen and oxygen atoms in total. The van der Waals surface area contributed by atoms with Crippen molar-refractivity contribution < 1.29 is 4.79 Å². The standard InChI is InChI=1S/C16H23N3OS.2ClH/c20-16(7-10-21-12-13-3-1-2-8-18-13)19-14-4-5-15(19)11-17-9-6-14;;/h1-3,8,14-15,17H,4-7,9-12H2;2*1H. The molecular formula is C16H25Cl2N3OS. The van der Waals surface area contributed by atoms with Crippen LogP contribution in [0.2, 0.25) is 0 Å². The highest BCUT2D eigenvalue weighted by molar-refractivity contribution is 7.98. The first-order chi connectivity index (χ1) is 10.3. The third-order valence-electron chi connectivity index (χ3n) is 4.38. The van der Waals surface area contributed by atoms with Crippen molar-refractivity contribution in [2.75, 3.05) is 18.8 Å². The van der Waals surface area contributed by atoms with E-state index in [0.29, 0.717) is 24.4 Å². The molecule has 1 amide bonds. The number of amides is 1. The summed E-state index contributed by atoms with van der Waals surface area (Å²) < 4.78 is 0. The van der Waals surface area contributed by atoms with Gasteiger partial charge in [-0.15, -0.1) is 24.8 Å². The molecule has 1 N–H and O–H groups in total. The van der Waals surface area contributed by atoms with Gasteiger partial charge in [-0.1, -0.05) is 6.07 Å². The molecule has 7 heteroatoms. The maximum Gasteiger partial charge on any atom is 0.223 e. The number of nitrogens with one attached hydrogen (secondary N) is 1. The highest BCUT2D eigenvalue weighted by atomic mass is 35.5. The van der Waals surface area contributed by atoms with Crippen LogP contribution in [0.5, 0.6) is 0 Å². The molecule has 1 aromatic rings. The molecule has 0 aliphatic carbocycles. The van der Waals surface area contributed by atoms with Gasteiger partial charge in [-0.25, -0.2) is 0 Å². The quantitative estimate of drug-likeness (QED) is 0.801. The maximum atomic E-state index is 12.5. The van der Waals surface area contributed by atoms with E-state index in [1.807, 2.05) is 24.4 Å². The zero-order chi connectivity index (χ0) is 14.5. The summed E-state index contributed by atoms with van der Waals surface area (Å²) >= 11 is 1.80. The number of halogens is 2. The highest BCUT2D eigenvalue weighted by Gasteiger charge is 2.37. The van der Waals surface area contributed by atoms with Crippen LogP contribution in [-0.4, -0.2) is 46.7 Å². The van der Waals surface area contributed by atoms with Gasteiger partial charge in [0, 0.05) is 42.8 Å². The summed E-state index contributed by atoms with van der Waals surface area (Å²) in [5.41, 5.74) is 1.09. The number of hydrogen-bond donors (Lipinski definition) is 1. The lowest BCUT2D eigenvalue weighted by Gasteiger charge is -2.27. The summed E-state index contributed by atoms with van der Waals surface area (Å²) in [7, 11) is 0. The zero-order valence-electron chi connectivity index (χ0n) is 13.1. The van der Waals surface area contributed by atoms with Gasteiger partial charge in [0.1, 0.15) is 0 Å². The summed E-state index contributed by atoms with van der Waals surface area (Å²) in [5, 5.41) is 3.44. The predicted octanol–water partition coefficient (Wildman–Crippen LogP) is 2.90. The fourth-order valence-corrected chi connectivity index (χ4v) is 4.18. The molecule has 2 atom stereocenters. The Morgan fingerprint density at radius 3 is 2.87 bits per heavy atom. The van der Waals surface area contributed by atoms with Crippen molar-refractivity contribution in [3.63, 3.8) is 0 Å². The van der Waals surface area contributed by atoms with Gasteiger partial charge in [0.2, 0.25) is 5.91 Å². The Morgan fingerprint density at radius 2 is 2.09 bits per heavy atom. The van der Waals surface area contributed by atoms with Crippen LogP contribution in [0.4, 0.5) is 0 Å². The lowest BCUT2D eigenvalue weighted by atomic mass is 10.1. The Hall–Kier alpha value is -0.490. The van der Waals surface area contributed by atoms with Crippen LogP contribution >= 0.6 is 36.6 Å². The van der Waals surface area contributed by atoms with Gasteiger partial charge in [-0.3, -0.25) is 9.78 Å². The minimum Gasteiger partial charge on any atom is -0.335 e. The molecule has 130 valence electrons. The van der Waals surface area contributed by atoms with E-state index in [9.17, 15) is 4.79 Å². The van der Waals surface area contributed by atoms with E-state index in [0.717, 1.165) is 36.7 Å². The second-order valence-electron chi connectivity index (χ2n) is 5.80. The van der Waals surface area contributed by atoms with Crippen molar-refractivity contribution in [3.05, 3.63) is 30.1 Å². The fraction of sp³-hybridized carbons (Fsp3) is 0.625. The monoisotopic (exact) mass is 377 g/mol. The van der Waals surface area contributed by atoms with E-state index in [1.54, 1.807) is 11.8 Å². The second kappa shape index (κ2) is 10.4. The van der Waals surface area contributed by atoms with Gasteiger partial charge >= 0.3 is 0 Å². The molecule has 3 rings (SSSR count). The molecule has 0 aromatic carbocycles. The van der Waals surface area contributed by atoms with Gasteiger partial charge < -0.3 is 10.2 Å². The third kappa shape index (κ3) is 5.52. The molecule has 2 saturated heterocycles. The van der Waals surface area contributed by atoms with Crippen LogP contribution in [0.3, 0.4) is 0 Å². The van der Waals surface area contributed by atoms with Crippen LogP contribution in [0, 0.1) is 0 Å². The van der Waals surface area contributed by atoms with Crippen molar-refractivity contribution in [2.45, 2.75) is 43.5 Å². The van der Waals surface area contributed by atoms with Gasteiger partial charge in [-0.2, -0.15) is 11.8 Å². The Morgan fingerprint density at radius 1 is 1.26 bits per heavy atom. The van der Waals surface area contributed by atoms with Crippen LogP contribution in [0.1, 0.15) is 31.4 Å². The average Bonchev–Trinajstić information content (AvgIpc) is 2.78. The number of hydrogen-bond acceptors (Lipinski definition) is 4. The molecule has 2 bridgehead atoms. The van der Waals surface area contributed by atoms with Gasteiger partial charge in [-0.05, 0) is 37.9 Å². The molecule has 0 spiro atoms. The van der Waals surface area contributed by atoms with E-state index in [-0.39, 0.29) is 24.8 Å². The molecule has 0 saturated carbocycles. The number of fused-ring (bicyclic) bond motifs is 2. The Bertz CT molecular complexity index is 464. The number of pyridine rings is 1. The van der Waals surface area contributed by atoms with Gasteiger partial charge in [0.25, 0.3) is 0 Å². The van der Waals surface area contributed by atoms with Crippen molar-refractivity contribution in [3.8, 4) is 0 Å². The van der Waals surface area contributed by atoms with Crippen molar-refractivity contribution >= 4 is 42.5 Å². The van der Waals surface area contributed by atoms with Crippen molar-refractivity contribution in [1.82, 2.24) is 15.2 Å². The first-order valence-corrected chi connectivity index (χ1v) is 8.99. The number of carbonyl (C=O) groups is 1. The molecule has 2 fully saturated rings. The lowest BCUT2D eigenvalue weighted by Crippen LogP contribution is -2.42. The second-order valence-corrected chi connectivity index (χ2v) is 6.91. The molecule has 1 aromatic heterocycles. The van der Waals surface area contributed by atoms with Crippen LogP contribution in [0.25, 0.3) is 0 Å². The van der Waals surface area contributed by atoms with Crippen molar-refractivity contribution in [2.24, 2.45) is 0 Å². The Balaban J connectivity index is 0.00000132. The number of carbonyl (C=O) groups excluding carboxylic acids is 1. The number of rotatable bonds is 5. The van der Waals surface area contributed by atoms with E-state index >= 15 is 0 Å². The third-order valence-corrected chi connectivity index (χ3v) is 5.37. The van der Waals surface area contributed by atoms with E-state index < -0.39 is 0 Å². The van der Waals surface area contributed by atoms with Crippen molar-refractivity contribution in [1.29, 1.82) is 0 Å². The largest absolute Gasteiger partial charge is 0.335 e. The smallest absolute Gasteiger partial charge is 0.223 e. The molecule has 2 aliphatic rings. The number of aromatic nitrogens is 1. The SMILES string of the molecule is Cl.Cl.O=C(CCSCc1ccccn1)N1C2CCNCC1CC2. The summed E-state index contributed by atoms with van der Waals surface area (Å²) in [4.78, 5) is 19.0. The van der Waals surface area contributed by atoms with Gasteiger partial charge in [0.05, 0.1) is 5.69 Å². The van der Waals surface area contributed by atoms with Gasteiger partial charge in [0.15, 0.2) is 0 Å². The highest BCUT2D eigenvalue weighted by Crippen LogP contribution is 2.28. The molecule has 2 aliphatic heterocycles. The summed E-state index contributed by atoms with van der Waals surface area (Å²) in [6.07, 6.45) is 5.96. The maximum absolute atomic E-state index is 12.5. The molecule has 23 heavy (non-hydrogen) atoms. The first-order valence-electron chi connectivity index (χ1n) is 7.84. The van der Waals surface area contributed by atoms with Crippen LogP contribution in [0.15, 0.2) is 24.4 Å². The van der Waals surface area contributed by atoms with E-state index in [4.69, 9.17) is 0 Å².